The van der Waals surface area contributed by atoms with E-state index in [0.29, 0.717) is 13.1 Å². The van der Waals surface area contributed by atoms with E-state index < -0.39 is 10.2 Å². The third-order valence-corrected chi connectivity index (χ3v) is 6.29. The summed E-state index contributed by atoms with van der Waals surface area (Å²) in [5, 5.41) is 3.01. The van der Waals surface area contributed by atoms with Crippen LogP contribution in [0.5, 0.6) is 0 Å². The van der Waals surface area contributed by atoms with Crippen molar-refractivity contribution in [2.45, 2.75) is 30.9 Å². The Kier molecular flexibility index (Phi) is 6.40. The summed E-state index contributed by atoms with van der Waals surface area (Å²) >= 11 is 1.86. The van der Waals surface area contributed by atoms with Crippen LogP contribution in [0.25, 0.3) is 0 Å². The van der Waals surface area contributed by atoms with Gasteiger partial charge in [0.15, 0.2) is 0 Å². The van der Waals surface area contributed by atoms with Crippen LogP contribution in [0.4, 0.5) is 0 Å². The molecule has 1 unspecified atom stereocenters. The third-order valence-electron chi connectivity index (χ3n) is 3.24. The first-order valence-electron chi connectivity index (χ1n) is 6.39. The summed E-state index contributed by atoms with van der Waals surface area (Å²) in [6, 6.07) is 0. The Morgan fingerprint density at radius 2 is 2.17 bits per heavy atom. The number of hydrogen-bond acceptors (Lipinski definition) is 4. The Morgan fingerprint density at radius 3 is 2.72 bits per heavy atom. The molecule has 0 amide bonds. The molecule has 1 saturated heterocycles. The molecule has 18 heavy (non-hydrogen) atoms. The van der Waals surface area contributed by atoms with Crippen molar-refractivity contribution in [1.82, 2.24) is 14.3 Å². The van der Waals surface area contributed by atoms with Crippen LogP contribution in [0.3, 0.4) is 0 Å². The normalized spacial score (nSPS) is 24.9. The van der Waals surface area contributed by atoms with E-state index in [9.17, 15) is 8.42 Å². The van der Waals surface area contributed by atoms with Crippen molar-refractivity contribution in [2.75, 3.05) is 39.5 Å². The first kappa shape index (κ1) is 16.2. The van der Waals surface area contributed by atoms with Crippen molar-refractivity contribution in [3.8, 4) is 0 Å². The Hall–Kier alpha value is 0.180. The van der Waals surface area contributed by atoms with Crippen LogP contribution < -0.4 is 10.0 Å². The SMILES string of the molecule is CNCCCN(C)S(=O)(=O)NCC1(C)CCCS1. The topological polar surface area (TPSA) is 61.4 Å². The lowest BCUT2D eigenvalue weighted by Crippen LogP contribution is -2.44. The zero-order valence-corrected chi connectivity index (χ0v) is 13.2. The lowest BCUT2D eigenvalue weighted by molar-refractivity contribution is 0.442. The first-order chi connectivity index (χ1) is 8.40. The molecule has 0 saturated carbocycles. The van der Waals surface area contributed by atoms with Crippen LogP contribution in [0.2, 0.25) is 0 Å². The van der Waals surface area contributed by atoms with Crippen molar-refractivity contribution in [3.05, 3.63) is 0 Å². The standard InChI is InChI=1S/C11H25N3O2S2/c1-11(6-4-9-17-11)10-13-18(15,16)14(3)8-5-7-12-2/h12-13H,4-10H2,1-3H3. The van der Waals surface area contributed by atoms with Gasteiger partial charge in [-0.2, -0.15) is 24.5 Å². The zero-order valence-electron chi connectivity index (χ0n) is 11.5. The lowest BCUT2D eigenvalue weighted by atomic mass is 10.1. The highest BCUT2D eigenvalue weighted by molar-refractivity contribution is 8.00. The second kappa shape index (κ2) is 7.09. The van der Waals surface area contributed by atoms with Gasteiger partial charge in [-0.25, -0.2) is 4.72 Å². The Bertz CT molecular complexity index is 340. The summed E-state index contributed by atoms with van der Waals surface area (Å²) in [5.74, 6) is 1.14. The minimum Gasteiger partial charge on any atom is -0.320 e. The molecule has 7 heteroatoms. The van der Waals surface area contributed by atoms with Gasteiger partial charge in [-0.1, -0.05) is 0 Å². The first-order valence-corrected chi connectivity index (χ1v) is 8.82. The molecule has 0 aliphatic carbocycles. The van der Waals surface area contributed by atoms with Crippen molar-refractivity contribution in [2.24, 2.45) is 0 Å². The molecule has 0 radical (unpaired) electrons. The van der Waals surface area contributed by atoms with E-state index in [1.54, 1.807) is 7.05 Å². The van der Waals surface area contributed by atoms with E-state index in [1.165, 1.54) is 10.7 Å². The molecule has 0 aromatic rings. The van der Waals surface area contributed by atoms with E-state index in [2.05, 4.69) is 17.0 Å². The highest BCUT2D eigenvalue weighted by Crippen LogP contribution is 2.37. The lowest BCUT2D eigenvalue weighted by Gasteiger charge is -2.25. The summed E-state index contributed by atoms with van der Waals surface area (Å²) in [6.07, 6.45) is 3.09. The maximum absolute atomic E-state index is 12.0. The fraction of sp³-hybridized carbons (Fsp3) is 1.00. The number of nitrogens with zero attached hydrogens (tertiary/aromatic N) is 1. The minimum atomic E-state index is -3.32. The summed E-state index contributed by atoms with van der Waals surface area (Å²) in [7, 11) is 0.169. The van der Waals surface area contributed by atoms with Crippen LogP contribution in [0.15, 0.2) is 0 Å². The van der Waals surface area contributed by atoms with Gasteiger partial charge in [-0.3, -0.25) is 0 Å². The highest BCUT2D eigenvalue weighted by Gasteiger charge is 2.31. The molecular weight excluding hydrogens is 270 g/mol. The van der Waals surface area contributed by atoms with Crippen LogP contribution >= 0.6 is 11.8 Å². The Morgan fingerprint density at radius 1 is 1.44 bits per heavy atom. The smallest absolute Gasteiger partial charge is 0.279 e. The molecule has 0 aromatic carbocycles. The predicted molar refractivity (Wildman–Crippen MR) is 78.2 cm³/mol. The van der Waals surface area contributed by atoms with Gasteiger partial charge in [-0.05, 0) is 45.5 Å². The molecule has 1 rings (SSSR count). The van der Waals surface area contributed by atoms with E-state index in [4.69, 9.17) is 0 Å². The quantitative estimate of drug-likeness (QED) is 0.646. The molecule has 1 heterocycles. The van der Waals surface area contributed by atoms with Crippen molar-refractivity contribution < 1.29 is 8.42 Å². The van der Waals surface area contributed by atoms with Gasteiger partial charge in [0.25, 0.3) is 10.2 Å². The predicted octanol–water partition coefficient (Wildman–Crippen LogP) is 0.648. The molecule has 0 spiro atoms. The van der Waals surface area contributed by atoms with Crippen molar-refractivity contribution >= 4 is 22.0 Å². The summed E-state index contributed by atoms with van der Waals surface area (Å²) in [5.41, 5.74) is 0. The second-order valence-electron chi connectivity index (χ2n) is 5.01. The van der Waals surface area contributed by atoms with Gasteiger partial charge >= 0.3 is 0 Å². The van der Waals surface area contributed by atoms with Crippen LogP contribution in [-0.4, -0.2) is 57.0 Å². The summed E-state index contributed by atoms with van der Waals surface area (Å²) in [6.45, 7) is 4.03. The molecule has 1 fully saturated rings. The van der Waals surface area contributed by atoms with E-state index >= 15 is 0 Å². The molecule has 1 aliphatic rings. The molecule has 0 bridgehead atoms. The summed E-state index contributed by atoms with van der Waals surface area (Å²) < 4.78 is 28.2. The van der Waals surface area contributed by atoms with Gasteiger partial charge in [-0.15, -0.1) is 0 Å². The molecule has 1 atom stereocenters. The van der Waals surface area contributed by atoms with Gasteiger partial charge < -0.3 is 5.32 Å². The molecule has 0 aromatic heterocycles. The van der Waals surface area contributed by atoms with E-state index in [-0.39, 0.29) is 4.75 Å². The Labute approximate surface area is 115 Å². The monoisotopic (exact) mass is 295 g/mol. The van der Waals surface area contributed by atoms with Crippen LogP contribution in [0.1, 0.15) is 26.2 Å². The third kappa shape index (κ3) is 5.05. The maximum atomic E-state index is 12.0. The molecule has 2 N–H and O–H groups in total. The van der Waals surface area contributed by atoms with Gasteiger partial charge in [0.1, 0.15) is 0 Å². The number of hydrogen-bond donors (Lipinski definition) is 2. The molecule has 5 nitrogen and oxygen atoms in total. The minimum absolute atomic E-state index is 0.0683. The number of nitrogens with one attached hydrogen (secondary N) is 2. The maximum Gasteiger partial charge on any atom is 0.279 e. The molecular formula is C11H25N3O2S2. The van der Waals surface area contributed by atoms with Gasteiger partial charge in [0.2, 0.25) is 0 Å². The average Bonchev–Trinajstić information content (AvgIpc) is 2.75. The highest BCUT2D eigenvalue weighted by atomic mass is 32.2. The zero-order chi connectivity index (χ0) is 13.6. The van der Waals surface area contributed by atoms with Gasteiger partial charge in [0.05, 0.1) is 0 Å². The summed E-state index contributed by atoms with van der Waals surface area (Å²) in [4.78, 5) is 0. The fourth-order valence-electron chi connectivity index (χ4n) is 1.93. The Balaban J connectivity index is 2.38. The second-order valence-corrected chi connectivity index (χ2v) is 8.55. The van der Waals surface area contributed by atoms with Gasteiger partial charge in [0, 0.05) is 24.9 Å². The average molecular weight is 295 g/mol. The van der Waals surface area contributed by atoms with Crippen LogP contribution in [0, 0.1) is 0 Å². The van der Waals surface area contributed by atoms with E-state index in [1.807, 2.05) is 18.8 Å². The fourth-order valence-corrected chi connectivity index (χ4v) is 4.36. The largest absolute Gasteiger partial charge is 0.320 e. The van der Waals surface area contributed by atoms with Crippen molar-refractivity contribution in [1.29, 1.82) is 0 Å². The van der Waals surface area contributed by atoms with E-state index in [0.717, 1.165) is 25.1 Å². The number of rotatable bonds is 8. The van der Waals surface area contributed by atoms with Crippen molar-refractivity contribution in [3.63, 3.8) is 0 Å². The van der Waals surface area contributed by atoms with Crippen LogP contribution in [-0.2, 0) is 10.2 Å². The molecule has 108 valence electrons. The molecule has 1 aliphatic heterocycles. The number of thioether (sulfide) groups is 1.